The minimum absolute atomic E-state index is 0. The predicted octanol–water partition coefficient (Wildman–Crippen LogP) is 15.8. The number of hydrogen-bond donors (Lipinski definition) is 0. The number of nitrogens with zero attached hydrogens (tertiary/aromatic N) is 4. The van der Waals surface area contributed by atoms with Crippen LogP contribution >= 0.6 is 0 Å². The number of benzene rings is 6. The van der Waals surface area contributed by atoms with Crippen LogP contribution in [0, 0.1) is 31.9 Å². The Hall–Kier alpha value is -5.98. The Labute approximate surface area is 411 Å². The van der Waals surface area contributed by atoms with Gasteiger partial charge in [-0.15, -0.1) is 53.6 Å². The van der Waals surface area contributed by atoms with Crippen molar-refractivity contribution >= 4 is 57.1 Å². The molecule has 0 spiro atoms. The van der Waals surface area contributed by atoms with Gasteiger partial charge in [-0.1, -0.05) is 139 Å². The van der Waals surface area contributed by atoms with Crippen LogP contribution in [0.25, 0.3) is 83.3 Å². The fraction of sp³-hybridized carbons (Fsp3) is 0.250. The van der Waals surface area contributed by atoms with Crippen LogP contribution < -0.4 is 5.19 Å². The zero-order chi connectivity index (χ0) is 46.4. The number of aromatic nitrogens is 4. The fourth-order valence-electron chi connectivity index (χ4n) is 9.38. The largest absolute Gasteiger partial charge is 0.486 e. The summed E-state index contributed by atoms with van der Waals surface area (Å²) in [6, 6.07) is 52.0. The van der Waals surface area contributed by atoms with E-state index in [1.54, 1.807) is 0 Å². The van der Waals surface area contributed by atoms with E-state index in [2.05, 4.69) is 199 Å². The molecule has 0 aliphatic heterocycles. The quantitative estimate of drug-likeness (QED) is 0.107. The summed E-state index contributed by atoms with van der Waals surface area (Å²) < 4.78 is 8.92. The maximum absolute atomic E-state index is 6.56. The van der Waals surface area contributed by atoms with Gasteiger partial charge in [0.2, 0.25) is 5.71 Å². The van der Waals surface area contributed by atoms with Gasteiger partial charge in [0, 0.05) is 43.1 Å². The molecular weight excluding hydrogens is 1010 g/mol. The summed E-state index contributed by atoms with van der Waals surface area (Å²) >= 11 is 0. The van der Waals surface area contributed by atoms with E-state index < -0.39 is 8.07 Å². The molecule has 0 saturated carbocycles. The van der Waals surface area contributed by atoms with Crippen LogP contribution in [0.1, 0.15) is 81.3 Å². The van der Waals surface area contributed by atoms with Crippen molar-refractivity contribution in [1.29, 1.82) is 0 Å². The average molecular weight is 1070 g/mol. The van der Waals surface area contributed by atoms with E-state index in [4.69, 9.17) is 14.4 Å². The Morgan fingerprint density at radius 3 is 2.09 bits per heavy atom. The molecule has 6 aromatic carbocycles. The van der Waals surface area contributed by atoms with Gasteiger partial charge in [0.25, 0.3) is 0 Å². The molecule has 341 valence electrons. The Morgan fingerprint density at radius 1 is 0.701 bits per heavy atom. The molecule has 4 heterocycles. The molecule has 0 N–H and O–H groups in total. The first-order chi connectivity index (χ1) is 31.7. The van der Waals surface area contributed by atoms with E-state index in [1.807, 2.05) is 31.2 Å². The number of imidazole rings is 1. The predicted molar refractivity (Wildman–Crippen MR) is 281 cm³/mol. The second kappa shape index (κ2) is 19.3. The summed E-state index contributed by atoms with van der Waals surface area (Å²) in [4.78, 5) is 14.7. The van der Waals surface area contributed by atoms with Crippen LogP contribution in [0.3, 0.4) is 0 Å². The third-order valence-electron chi connectivity index (χ3n) is 12.7. The first-order valence-electron chi connectivity index (χ1n) is 23.5. The van der Waals surface area contributed by atoms with Crippen LogP contribution in [0.2, 0.25) is 19.6 Å². The van der Waals surface area contributed by atoms with Crippen molar-refractivity contribution in [3.05, 3.63) is 174 Å². The molecule has 0 amide bonds. The van der Waals surface area contributed by atoms with E-state index in [0.717, 1.165) is 67.7 Å². The van der Waals surface area contributed by atoms with Gasteiger partial charge < -0.3 is 14.0 Å². The summed E-state index contributed by atoms with van der Waals surface area (Å²) in [5.74, 6) is 2.02. The second-order valence-electron chi connectivity index (χ2n) is 19.9. The van der Waals surface area contributed by atoms with Crippen molar-refractivity contribution in [2.24, 2.45) is 5.92 Å². The fourth-order valence-corrected chi connectivity index (χ4v) is 11.0. The van der Waals surface area contributed by atoms with Crippen LogP contribution in [0.4, 0.5) is 0 Å². The van der Waals surface area contributed by atoms with Gasteiger partial charge in [0.15, 0.2) is 0 Å². The molecule has 5 nitrogen and oxygen atoms in total. The van der Waals surface area contributed by atoms with Crippen LogP contribution in [0.15, 0.2) is 138 Å². The molecule has 10 rings (SSSR count). The average Bonchev–Trinajstić information content (AvgIpc) is 3.87. The Kier molecular flexibility index (Phi) is 13.7. The van der Waals surface area contributed by atoms with E-state index in [1.165, 1.54) is 49.5 Å². The van der Waals surface area contributed by atoms with Gasteiger partial charge in [-0.05, 0) is 117 Å². The zero-order valence-corrected chi connectivity index (χ0v) is 44.1. The number of para-hydroxylation sites is 2. The smallest absolute Gasteiger partial charge is 0.216 e. The summed E-state index contributed by atoms with van der Waals surface area (Å²) in [5, 5.41) is 6.07. The van der Waals surface area contributed by atoms with Crippen LogP contribution in [-0.2, 0) is 26.5 Å². The van der Waals surface area contributed by atoms with Gasteiger partial charge in [0.05, 0.1) is 30.5 Å². The molecule has 0 atom stereocenters. The first-order valence-corrected chi connectivity index (χ1v) is 27.0. The minimum atomic E-state index is -1.34. The van der Waals surface area contributed by atoms with Gasteiger partial charge >= 0.3 is 0 Å². The van der Waals surface area contributed by atoms with E-state index in [9.17, 15) is 0 Å². The van der Waals surface area contributed by atoms with Crippen LogP contribution in [0.5, 0.6) is 0 Å². The van der Waals surface area contributed by atoms with Crippen molar-refractivity contribution in [2.75, 3.05) is 0 Å². The summed E-state index contributed by atoms with van der Waals surface area (Å²) in [6.07, 6.45) is 3.24. The molecule has 0 unspecified atom stereocenters. The molecule has 4 aromatic heterocycles. The van der Waals surface area contributed by atoms with E-state index in [0.29, 0.717) is 11.6 Å². The Morgan fingerprint density at radius 2 is 1.40 bits per heavy atom. The molecule has 0 fully saturated rings. The summed E-state index contributed by atoms with van der Waals surface area (Å²) in [7, 11) is -1.34. The molecule has 0 aliphatic rings. The molecular formula is C60H60IrN4OSi-2. The topological polar surface area (TPSA) is 56.7 Å². The number of pyridine rings is 2. The molecule has 67 heavy (non-hydrogen) atoms. The Balaban J connectivity index is 0.000000244. The van der Waals surface area contributed by atoms with Gasteiger partial charge in [-0.3, -0.25) is 4.98 Å². The first kappa shape index (κ1) is 47.5. The number of furan rings is 1. The van der Waals surface area contributed by atoms with E-state index in [-0.39, 0.29) is 31.9 Å². The number of rotatable bonds is 9. The van der Waals surface area contributed by atoms with Crippen molar-refractivity contribution in [2.45, 2.75) is 93.3 Å². The number of hydrogen-bond acceptors (Lipinski definition) is 4. The molecule has 10 aromatic rings. The maximum Gasteiger partial charge on any atom is 0.216 e. The summed E-state index contributed by atoms with van der Waals surface area (Å²) in [6.45, 7) is 25.0. The van der Waals surface area contributed by atoms with Crippen molar-refractivity contribution in [3.8, 4) is 39.5 Å². The molecule has 0 saturated heterocycles. The zero-order valence-electron chi connectivity index (χ0n) is 40.7. The summed E-state index contributed by atoms with van der Waals surface area (Å²) in [5.41, 5.74) is 16.1. The normalized spacial score (nSPS) is 11.9. The SMILES string of the molecule is CC(C)Cc1cc(-c2[c-]cccc2)ncc1[Si](C)(C)C.Cc1ccc2c(n1)oc1c(-c3nc4ccccc4n3-c3c(C(C)C)cc(-c4ccc5ccccc5c4)cc3C(C)C)[c-]cc(C)c12.[Ir]. The second-order valence-corrected chi connectivity index (χ2v) is 25.0. The molecule has 0 aliphatic carbocycles. The van der Waals surface area contributed by atoms with Gasteiger partial charge in [-0.25, -0.2) is 4.98 Å². The molecule has 0 bridgehead atoms. The number of fused-ring (bicyclic) bond motifs is 5. The number of aryl methyl sites for hydroxylation is 2. The third-order valence-corrected chi connectivity index (χ3v) is 14.7. The standard InChI is InChI=1S/C42H36N3O.C18H24NSi.Ir/c1-24(2)34-22-31(30-18-17-28-11-7-8-12-29(28)21-30)23-35(25(3)4)39(34)45-37-14-10-9-13-36(37)44-41(45)33-19-15-26(5)38-32-20-16-27(6)43-42(32)46-40(33)38;1-14(2)11-16-12-17(15-9-7-6-8-10-15)19-13-18(16)20(3,4)5;/h7-18,20-25H,1-6H3;6-9,12-14H,11H2,1-5H3;/q2*-1;. The Bertz CT molecular complexity index is 3360. The van der Waals surface area contributed by atoms with E-state index >= 15 is 0 Å². The van der Waals surface area contributed by atoms with Crippen LogP contribution in [-0.4, -0.2) is 27.6 Å². The van der Waals surface area contributed by atoms with Crippen molar-refractivity contribution in [3.63, 3.8) is 0 Å². The van der Waals surface area contributed by atoms with Gasteiger partial charge in [0.1, 0.15) is 0 Å². The van der Waals surface area contributed by atoms with Gasteiger partial charge in [-0.2, -0.15) is 0 Å². The third kappa shape index (κ3) is 9.47. The van der Waals surface area contributed by atoms with Crippen molar-refractivity contribution in [1.82, 2.24) is 19.5 Å². The van der Waals surface area contributed by atoms with Crippen molar-refractivity contribution < 1.29 is 24.5 Å². The molecule has 7 heteroatoms. The molecule has 1 radical (unpaired) electrons. The minimum Gasteiger partial charge on any atom is -0.486 e. The monoisotopic (exact) mass is 1070 g/mol. The maximum atomic E-state index is 6.56.